The van der Waals surface area contributed by atoms with Gasteiger partial charge in [0.1, 0.15) is 11.5 Å². The van der Waals surface area contributed by atoms with Gasteiger partial charge in [0.2, 0.25) is 0 Å². The van der Waals surface area contributed by atoms with Crippen LogP contribution in [0, 0.1) is 0 Å². The van der Waals surface area contributed by atoms with Crippen LogP contribution in [0.15, 0.2) is 30.7 Å². The normalized spacial score (nSPS) is 17.3. The third kappa shape index (κ3) is 3.13. The molecule has 1 fully saturated rings. The van der Waals surface area contributed by atoms with Crippen molar-refractivity contribution in [1.82, 2.24) is 14.4 Å². The molecule has 1 atom stereocenters. The molecule has 0 aliphatic carbocycles. The van der Waals surface area contributed by atoms with E-state index >= 15 is 0 Å². The van der Waals surface area contributed by atoms with E-state index in [1.807, 2.05) is 10.6 Å². The van der Waals surface area contributed by atoms with E-state index in [2.05, 4.69) is 15.3 Å². The van der Waals surface area contributed by atoms with Gasteiger partial charge in [-0.2, -0.15) is 0 Å². The minimum Gasteiger partial charge on any atom is -0.505 e. The first kappa shape index (κ1) is 16.4. The topological polar surface area (TPSA) is 71.7 Å². The standard InChI is InChI=1S/C17H16Cl2N4O2/c18-12-6-10(7-13(19)16(12)24)15-17(21-8-11-2-1-5-25-11)23-4-3-20-9-14(23)22-15/h3-4,6-7,9,11,21,24H,1-2,5,8H2/t11-/m1/s1. The average Bonchev–Trinajstić information content (AvgIpc) is 3.24. The number of halogens is 2. The highest BCUT2D eigenvalue weighted by molar-refractivity contribution is 6.37. The largest absolute Gasteiger partial charge is 0.505 e. The van der Waals surface area contributed by atoms with Gasteiger partial charge in [-0.3, -0.25) is 9.38 Å². The van der Waals surface area contributed by atoms with E-state index in [-0.39, 0.29) is 21.9 Å². The van der Waals surface area contributed by atoms with Gasteiger partial charge in [0.15, 0.2) is 11.4 Å². The number of hydrogen-bond acceptors (Lipinski definition) is 5. The molecule has 1 aliphatic rings. The molecule has 0 unspecified atom stereocenters. The molecule has 1 aromatic carbocycles. The summed E-state index contributed by atoms with van der Waals surface area (Å²) in [6.07, 6.45) is 7.54. The molecular formula is C17H16Cl2N4O2. The van der Waals surface area contributed by atoms with Gasteiger partial charge in [-0.05, 0) is 25.0 Å². The number of aromatic nitrogens is 3. The van der Waals surface area contributed by atoms with E-state index in [0.29, 0.717) is 23.4 Å². The number of aromatic hydroxyl groups is 1. The van der Waals surface area contributed by atoms with E-state index in [4.69, 9.17) is 27.9 Å². The van der Waals surface area contributed by atoms with E-state index in [1.54, 1.807) is 24.5 Å². The summed E-state index contributed by atoms with van der Waals surface area (Å²) in [5.41, 5.74) is 2.11. The maximum absolute atomic E-state index is 9.80. The number of rotatable bonds is 4. The highest BCUT2D eigenvalue weighted by Gasteiger charge is 2.20. The molecule has 4 rings (SSSR count). The molecule has 0 bridgehead atoms. The van der Waals surface area contributed by atoms with Crippen molar-refractivity contribution in [2.24, 2.45) is 0 Å². The molecule has 3 heterocycles. The molecule has 1 aliphatic heterocycles. The number of imidazole rings is 1. The minimum absolute atomic E-state index is 0.133. The molecule has 0 radical (unpaired) electrons. The quantitative estimate of drug-likeness (QED) is 0.717. The molecule has 3 aromatic rings. The van der Waals surface area contributed by atoms with Gasteiger partial charge in [-0.15, -0.1) is 0 Å². The highest BCUT2D eigenvalue weighted by Crippen LogP contribution is 2.38. The molecular weight excluding hydrogens is 363 g/mol. The van der Waals surface area contributed by atoms with E-state index in [9.17, 15) is 5.11 Å². The summed E-state index contributed by atoms with van der Waals surface area (Å²) in [5.74, 6) is 0.678. The van der Waals surface area contributed by atoms with Gasteiger partial charge in [0, 0.05) is 31.1 Å². The van der Waals surface area contributed by atoms with Crippen LogP contribution in [0.25, 0.3) is 16.9 Å². The zero-order valence-electron chi connectivity index (χ0n) is 13.2. The first-order valence-electron chi connectivity index (χ1n) is 7.99. The third-order valence-corrected chi connectivity index (χ3v) is 4.82. The molecule has 8 heteroatoms. The summed E-state index contributed by atoms with van der Waals surface area (Å²) < 4.78 is 7.61. The summed E-state index contributed by atoms with van der Waals surface area (Å²) in [6.45, 7) is 1.49. The third-order valence-electron chi connectivity index (χ3n) is 4.24. The van der Waals surface area contributed by atoms with Crippen molar-refractivity contribution in [2.75, 3.05) is 18.5 Å². The minimum atomic E-state index is -0.133. The van der Waals surface area contributed by atoms with Crippen LogP contribution in [0.2, 0.25) is 10.0 Å². The number of hydrogen-bond donors (Lipinski definition) is 2. The fourth-order valence-corrected chi connectivity index (χ4v) is 3.48. The molecule has 25 heavy (non-hydrogen) atoms. The molecule has 2 aromatic heterocycles. The Bertz CT molecular complexity index is 899. The fourth-order valence-electron chi connectivity index (χ4n) is 3.00. The van der Waals surface area contributed by atoms with Crippen molar-refractivity contribution in [2.45, 2.75) is 18.9 Å². The fraction of sp³-hybridized carbons (Fsp3) is 0.294. The summed E-state index contributed by atoms with van der Waals surface area (Å²) in [5, 5.41) is 13.6. The first-order chi connectivity index (χ1) is 12.1. The zero-order chi connectivity index (χ0) is 17.4. The lowest BCUT2D eigenvalue weighted by atomic mass is 10.1. The van der Waals surface area contributed by atoms with Gasteiger partial charge < -0.3 is 15.2 Å². The second-order valence-electron chi connectivity index (χ2n) is 5.92. The Morgan fingerprint density at radius 3 is 2.84 bits per heavy atom. The second kappa shape index (κ2) is 6.71. The van der Waals surface area contributed by atoms with Crippen molar-refractivity contribution in [1.29, 1.82) is 0 Å². The Morgan fingerprint density at radius 1 is 1.32 bits per heavy atom. The van der Waals surface area contributed by atoms with Crippen molar-refractivity contribution < 1.29 is 9.84 Å². The van der Waals surface area contributed by atoms with Gasteiger partial charge in [0.05, 0.1) is 22.3 Å². The number of nitrogens with zero attached hydrogens (tertiary/aromatic N) is 3. The van der Waals surface area contributed by atoms with Crippen LogP contribution < -0.4 is 5.32 Å². The number of fused-ring (bicyclic) bond motifs is 1. The Balaban J connectivity index is 1.78. The van der Waals surface area contributed by atoms with Crippen LogP contribution in [0.5, 0.6) is 5.75 Å². The number of ether oxygens (including phenoxy) is 1. The predicted molar refractivity (Wildman–Crippen MR) is 97.6 cm³/mol. The molecule has 1 saturated heterocycles. The van der Waals surface area contributed by atoms with E-state index in [1.165, 1.54) is 0 Å². The van der Waals surface area contributed by atoms with Crippen LogP contribution in [-0.4, -0.2) is 38.7 Å². The van der Waals surface area contributed by atoms with Crippen LogP contribution in [-0.2, 0) is 4.74 Å². The lowest BCUT2D eigenvalue weighted by Gasteiger charge is -2.13. The lowest BCUT2D eigenvalue weighted by Crippen LogP contribution is -2.19. The Morgan fingerprint density at radius 2 is 2.12 bits per heavy atom. The molecule has 0 amide bonds. The molecule has 0 spiro atoms. The number of nitrogens with one attached hydrogen (secondary N) is 1. The first-order valence-corrected chi connectivity index (χ1v) is 8.75. The predicted octanol–water partition coefficient (Wildman–Crippen LogP) is 4.00. The second-order valence-corrected chi connectivity index (χ2v) is 6.73. The number of benzene rings is 1. The van der Waals surface area contributed by atoms with Gasteiger partial charge in [0.25, 0.3) is 0 Å². The Labute approximate surface area is 154 Å². The SMILES string of the molecule is Oc1c(Cl)cc(-c2nc3cnccn3c2NC[C@H]2CCCO2)cc1Cl. The van der Waals surface area contributed by atoms with E-state index in [0.717, 1.165) is 25.3 Å². The molecule has 0 saturated carbocycles. The van der Waals surface area contributed by atoms with Crippen molar-refractivity contribution in [3.63, 3.8) is 0 Å². The Hall–Kier alpha value is -2.02. The molecule has 6 nitrogen and oxygen atoms in total. The summed E-state index contributed by atoms with van der Waals surface area (Å²) >= 11 is 12.2. The van der Waals surface area contributed by atoms with Crippen molar-refractivity contribution in [3.05, 3.63) is 40.8 Å². The molecule has 2 N–H and O–H groups in total. The van der Waals surface area contributed by atoms with Crippen molar-refractivity contribution >= 4 is 34.7 Å². The summed E-state index contributed by atoms with van der Waals surface area (Å²) in [6, 6.07) is 3.30. The van der Waals surface area contributed by atoms with Crippen LogP contribution in [0.4, 0.5) is 5.82 Å². The van der Waals surface area contributed by atoms with E-state index < -0.39 is 0 Å². The number of anilines is 1. The smallest absolute Gasteiger partial charge is 0.157 e. The monoisotopic (exact) mass is 378 g/mol. The lowest BCUT2D eigenvalue weighted by molar-refractivity contribution is 0.120. The summed E-state index contributed by atoms with van der Waals surface area (Å²) in [4.78, 5) is 8.76. The van der Waals surface area contributed by atoms with Crippen LogP contribution >= 0.6 is 23.2 Å². The number of phenolic OH excluding ortho intramolecular Hbond substituents is 1. The Kier molecular flexibility index (Phi) is 4.41. The maximum atomic E-state index is 9.80. The summed E-state index contributed by atoms with van der Waals surface area (Å²) in [7, 11) is 0. The average molecular weight is 379 g/mol. The van der Waals surface area contributed by atoms with Gasteiger partial charge in [-0.25, -0.2) is 4.98 Å². The highest BCUT2D eigenvalue weighted by atomic mass is 35.5. The van der Waals surface area contributed by atoms with Crippen LogP contribution in [0.1, 0.15) is 12.8 Å². The maximum Gasteiger partial charge on any atom is 0.157 e. The molecule has 130 valence electrons. The zero-order valence-corrected chi connectivity index (χ0v) is 14.8. The van der Waals surface area contributed by atoms with Gasteiger partial charge in [-0.1, -0.05) is 23.2 Å². The van der Waals surface area contributed by atoms with Crippen LogP contribution in [0.3, 0.4) is 0 Å². The van der Waals surface area contributed by atoms with Gasteiger partial charge >= 0.3 is 0 Å². The van der Waals surface area contributed by atoms with Crippen molar-refractivity contribution in [3.8, 4) is 17.0 Å². The number of phenols is 1.